The fraction of sp³-hybridized carbons (Fsp3) is 0.368. The minimum Gasteiger partial charge on any atom is -0.494 e. The van der Waals surface area contributed by atoms with E-state index in [2.05, 4.69) is 4.98 Å². The smallest absolute Gasteiger partial charge is 0.223 e. The Hall–Kier alpha value is -2.36. The van der Waals surface area contributed by atoms with Gasteiger partial charge in [0.1, 0.15) is 5.75 Å². The summed E-state index contributed by atoms with van der Waals surface area (Å²) in [5.41, 5.74) is 1.14. The van der Waals surface area contributed by atoms with Gasteiger partial charge in [0.05, 0.1) is 6.61 Å². The second kappa shape index (κ2) is 7.77. The molecule has 1 aliphatic rings. The summed E-state index contributed by atoms with van der Waals surface area (Å²) < 4.78 is 5.65. The summed E-state index contributed by atoms with van der Waals surface area (Å²) in [7, 11) is 0. The van der Waals surface area contributed by atoms with E-state index in [4.69, 9.17) is 4.74 Å². The van der Waals surface area contributed by atoms with Gasteiger partial charge in [-0.2, -0.15) is 0 Å². The molecule has 0 saturated heterocycles. The van der Waals surface area contributed by atoms with Crippen LogP contribution >= 0.6 is 0 Å². The monoisotopic (exact) mass is 310 g/mol. The first-order valence-corrected chi connectivity index (χ1v) is 8.19. The molecule has 3 rings (SSSR count). The largest absolute Gasteiger partial charge is 0.494 e. The lowest BCUT2D eigenvalue weighted by Gasteiger charge is -2.22. The van der Waals surface area contributed by atoms with Crippen molar-refractivity contribution in [1.29, 1.82) is 0 Å². The van der Waals surface area contributed by atoms with Crippen LogP contribution in [0.15, 0.2) is 54.9 Å². The molecule has 0 aliphatic heterocycles. The van der Waals surface area contributed by atoms with Crippen molar-refractivity contribution in [1.82, 2.24) is 9.88 Å². The summed E-state index contributed by atoms with van der Waals surface area (Å²) in [6.07, 6.45) is 7.08. The van der Waals surface area contributed by atoms with Crippen molar-refractivity contribution in [2.45, 2.75) is 38.3 Å². The molecule has 2 aromatic rings. The van der Waals surface area contributed by atoms with Gasteiger partial charge in [0.25, 0.3) is 0 Å². The SMILES string of the molecule is O=C(CCCOc1ccccc1)N(Cc1ccncc1)C1CC1. The maximum Gasteiger partial charge on any atom is 0.223 e. The summed E-state index contributed by atoms with van der Waals surface area (Å²) in [4.78, 5) is 18.5. The third-order valence-corrected chi connectivity index (χ3v) is 3.96. The van der Waals surface area contributed by atoms with Crippen LogP contribution in [0, 0.1) is 0 Å². The molecule has 120 valence electrons. The van der Waals surface area contributed by atoms with Gasteiger partial charge in [-0.25, -0.2) is 0 Å². The third-order valence-electron chi connectivity index (χ3n) is 3.96. The number of aromatic nitrogens is 1. The third kappa shape index (κ3) is 4.81. The maximum absolute atomic E-state index is 12.5. The highest BCUT2D eigenvalue weighted by molar-refractivity contribution is 5.76. The van der Waals surface area contributed by atoms with Gasteiger partial charge >= 0.3 is 0 Å². The number of hydrogen-bond donors (Lipinski definition) is 0. The Bertz CT molecular complexity index is 612. The number of benzene rings is 1. The van der Waals surface area contributed by atoms with E-state index in [1.165, 1.54) is 0 Å². The Morgan fingerprint density at radius 1 is 1.13 bits per heavy atom. The molecule has 0 radical (unpaired) electrons. The topological polar surface area (TPSA) is 42.4 Å². The molecule has 23 heavy (non-hydrogen) atoms. The van der Waals surface area contributed by atoms with Crippen molar-refractivity contribution in [3.05, 3.63) is 60.4 Å². The van der Waals surface area contributed by atoms with Crippen LogP contribution in [0.25, 0.3) is 0 Å². The number of carbonyl (C=O) groups is 1. The fourth-order valence-corrected chi connectivity index (χ4v) is 2.57. The van der Waals surface area contributed by atoms with Crippen LogP contribution in [0.3, 0.4) is 0 Å². The summed E-state index contributed by atoms with van der Waals surface area (Å²) >= 11 is 0. The molecule has 1 aromatic carbocycles. The van der Waals surface area contributed by atoms with E-state index >= 15 is 0 Å². The van der Waals surface area contributed by atoms with Crippen LogP contribution in [0.4, 0.5) is 0 Å². The summed E-state index contributed by atoms with van der Waals surface area (Å²) in [6, 6.07) is 14.1. The average Bonchev–Trinajstić information content (AvgIpc) is 3.43. The zero-order chi connectivity index (χ0) is 15.9. The second-order valence-corrected chi connectivity index (χ2v) is 5.87. The van der Waals surface area contributed by atoms with Crippen LogP contribution in [0.2, 0.25) is 0 Å². The molecule has 0 spiro atoms. The first-order valence-electron chi connectivity index (χ1n) is 8.19. The molecule has 4 heteroatoms. The molecule has 1 aliphatic carbocycles. The van der Waals surface area contributed by atoms with Crippen molar-refractivity contribution >= 4 is 5.91 Å². The highest BCUT2D eigenvalue weighted by Gasteiger charge is 2.32. The molecule has 4 nitrogen and oxygen atoms in total. The lowest BCUT2D eigenvalue weighted by molar-refractivity contribution is -0.132. The van der Waals surface area contributed by atoms with Crippen LogP contribution in [0.1, 0.15) is 31.2 Å². The van der Waals surface area contributed by atoms with E-state index in [1.807, 2.05) is 47.4 Å². The Morgan fingerprint density at radius 2 is 1.87 bits per heavy atom. The molecule has 1 aromatic heterocycles. The molecule has 1 heterocycles. The second-order valence-electron chi connectivity index (χ2n) is 5.87. The van der Waals surface area contributed by atoms with E-state index in [9.17, 15) is 4.79 Å². The maximum atomic E-state index is 12.5. The zero-order valence-electron chi connectivity index (χ0n) is 13.2. The predicted molar refractivity (Wildman–Crippen MR) is 89.0 cm³/mol. The summed E-state index contributed by atoms with van der Waals surface area (Å²) in [5.74, 6) is 1.08. The molecule has 1 fully saturated rings. The van der Waals surface area contributed by atoms with E-state index in [1.54, 1.807) is 12.4 Å². The molecular weight excluding hydrogens is 288 g/mol. The highest BCUT2D eigenvalue weighted by Crippen LogP contribution is 2.29. The number of carbonyl (C=O) groups excluding carboxylic acids is 1. The lowest BCUT2D eigenvalue weighted by atomic mass is 10.2. The van der Waals surface area contributed by atoms with E-state index < -0.39 is 0 Å². The van der Waals surface area contributed by atoms with Crippen molar-refractivity contribution in [3.63, 3.8) is 0 Å². The minimum absolute atomic E-state index is 0.223. The van der Waals surface area contributed by atoms with Crippen molar-refractivity contribution in [2.24, 2.45) is 0 Å². The lowest BCUT2D eigenvalue weighted by Crippen LogP contribution is -2.32. The van der Waals surface area contributed by atoms with Crippen molar-refractivity contribution in [2.75, 3.05) is 6.61 Å². The number of rotatable bonds is 8. The quantitative estimate of drug-likeness (QED) is 0.702. The van der Waals surface area contributed by atoms with Gasteiger partial charge in [-0.1, -0.05) is 18.2 Å². The number of hydrogen-bond acceptors (Lipinski definition) is 3. The van der Waals surface area contributed by atoms with E-state index in [-0.39, 0.29) is 5.91 Å². The Morgan fingerprint density at radius 3 is 2.57 bits per heavy atom. The van der Waals surface area contributed by atoms with Gasteiger partial charge < -0.3 is 9.64 Å². The van der Waals surface area contributed by atoms with E-state index in [0.29, 0.717) is 25.6 Å². The van der Waals surface area contributed by atoms with Gasteiger partial charge in [-0.3, -0.25) is 9.78 Å². The zero-order valence-corrected chi connectivity index (χ0v) is 13.2. The van der Waals surface area contributed by atoms with Crippen molar-refractivity contribution < 1.29 is 9.53 Å². The van der Waals surface area contributed by atoms with Crippen LogP contribution in [0.5, 0.6) is 5.75 Å². The number of amides is 1. The van der Waals surface area contributed by atoms with Crippen LogP contribution in [-0.4, -0.2) is 28.4 Å². The van der Waals surface area contributed by atoms with E-state index in [0.717, 1.165) is 30.6 Å². The molecule has 1 amide bonds. The number of pyridine rings is 1. The van der Waals surface area contributed by atoms with Gasteiger partial charge in [0.2, 0.25) is 5.91 Å². The molecule has 0 unspecified atom stereocenters. The standard InChI is InChI=1S/C19H22N2O2/c22-19(7-4-14-23-18-5-2-1-3-6-18)21(17-8-9-17)15-16-10-12-20-13-11-16/h1-3,5-6,10-13,17H,4,7-9,14-15H2. The number of nitrogens with zero attached hydrogens (tertiary/aromatic N) is 2. The Kier molecular flexibility index (Phi) is 5.25. The molecule has 0 N–H and O–H groups in total. The van der Waals surface area contributed by atoms with Gasteiger partial charge in [0, 0.05) is 31.4 Å². The van der Waals surface area contributed by atoms with Gasteiger partial charge in [-0.05, 0) is 49.1 Å². The van der Waals surface area contributed by atoms with Crippen LogP contribution < -0.4 is 4.74 Å². The number of para-hydroxylation sites is 1. The number of ether oxygens (including phenoxy) is 1. The Labute approximate surface area is 137 Å². The van der Waals surface area contributed by atoms with Gasteiger partial charge in [-0.15, -0.1) is 0 Å². The highest BCUT2D eigenvalue weighted by atomic mass is 16.5. The molecule has 0 bridgehead atoms. The predicted octanol–water partition coefficient (Wildman–Crippen LogP) is 3.43. The first-order chi connectivity index (χ1) is 11.3. The summed E-state index contributed by atoms with van der Waals surface area (Å²) in [5, 5.41) is 0. The Balaban J connectivity index is 1.45. The normalized spacial score (nSPS) is 13.6. The molecule has 0 atom stereocenters. The average molecular weight is 310 g/mol. The molecule has 1 saturated carbocycles. The first kappa shape index (κ1) is 15.5. The minimum atomic E-state index is 0.223. The van der Waals surface area contributed by atoms with Gasteiger partial charge in [0.15, 0.2) is 0 Å². The fourth-order valence-electron chi connectivity index (χ4n) is 2.57. The molecular formula is C19H22N2O2. The van der Waals surface area contributed by atoms with Crippen LogP contribution in [-0.2, 0) is 11.3 Å². The van der Waals surface area contributed by atoms with Crippen molar-refractivity contribution in [3.8, 4) is 5.75 Å². The summed E-state index contributed by atoms with van der Waals surface area (Å²) in [6.45, 7) is 1.26.